The van der Waals surface area contributed by atoms with Gasteiger partial charge in [-0.25, -0.2) is 9.59 Å². The first-order chi connectivity index (χ1) is 20.5. The summed E-state index contributed by atoms with van der Waals surface area (Å²) in [6.45, 7) is 3.40. The van der Waals surface area contributed by atoms with Gasteiger partial charge in [-0.15, -0.1) is 6.58 Å². The Hall–Kier alpha value is -3.61. The lowest BCUT2D eigenvalue weighted by molar-refractivity contribution is -0.843. The molecule has 0 aromatic rings. The lowest BCUT2D eigenvalue weighted by Crippen LogP contribution is -3.09. The normalized spacial score (nSPS) is 33.4. The number of methoxy groups -OCH3 is 1. The van der Waals surface area contributed by atoms with Crippen molar-refractivity contribution in [3.8, 4) is 0 Å². The number of nitrogens with one attached hydrogen (secondary N) is 2. The summed E-state index contributed by atoms with van der Waals surface area (Å²) in [5.74, 6) is -3.69. The van der Waals surface area contributed by atoms with Crippen LogP contribution in [0.15, 0.2) is 64.7 Å². The smallest absolute Gasteiger partial charge is 0.343 e. The van der Waals surface area contributed by atoms with Gasteiger partial charge in [-0.3, -0.25) is 4.99 Å². The first kappa shape index (κ1) is 33.9. The van der Waals surface area contributed by atoms with Gasteiger partial charge in [0, 0.05) is 18.5 Å². The maximum atomic E-state index is 12.7. The van der Waals surface area contributed by atoms with Crippen LogP contribution in [0.2, 0.25) is 0 Å². The SMILES string of the molecule is C=C[C@H]1[C@H](O[C@@H]2O[C@H](CO)[C@@H](O)[C@H](O)[C@H]2O)OC=C(C(=O)OC)[C@H]1/C=C/C1=C(NC(N)=NC)C(C(=O)O)=C[NH+](CCO)C1. The van der Waals surface area contributed by atoms with Crippen molar-refractivity contribution in [1.82, 2.24) is 5.32 Å². The van der Waals surface area contributed by atoms with Crippen LogP contribution in [-0.2, 0) is 28.5 Å². The van der Waals surface area contributed by atoms with Gasteiger partial charge < -0.3 is 65.5 Å². The number of carboxylic acids is 1. The Labute approximate surface area is 247 Å². The topological polar surface area (TPSA) is 247 Å². The minimum Gasteiger partial charge on any atom is -0.477 e. The number of hydrogen-bond donors (Lipinski definition) is 9. The van der Waals surface area contributed by atoms with E-state index in [9.17, 15) is 40.2 Å². The molecular weight excluding hydrogens is 572 g/mol. The Balaban J connectivity index is 2.02. The van der Waals surface area contributed by atoms with Gasteiger partial charge in [0.1, 0.15) is 49.3 Å². The van der Waals surface area contributed by atoms with E-state index in [1.807, 2.05) is 0 Å². The molecule has 1 unspecified atom stereocenters. The molecule has 3 rings (SSSR count). The van der Waals surface area contributed by atoms with Gasteiger partial charge >= 0.3 is 11.9 Å². The summed E-state index contributed by atoms with van der Waals surface area (Å²) in [7, 11) is 2.61. The van der Waals surface area contributed by atoms with Crippen LogP contribution in [0, 0.1) is 11.8 Å². The second kappa shape index (κ2) is 15.2. The Morgan fingerprint density at radius 1 is 1.23 bits per heavy atom. The Kier molecular flexibility index (Phi) is 12.0. The number of hydrogen-bond acceptors (Lipinski definition) is 12. The van der Waals surface area contributed by atoms with Gasteiger partial charge in [0.25, 0.3) is 0 Å². The van der Waals surface area contributed by atoms with Crippen LogP contribution < -0.4 is 16.0 Å². The minimum atomic E-state index is -1.71. The molecule has 10 N–H and O–H groups in total. The third-order valence-corrected chi connectivity index (χ3v) is 7.25. The largest absolute Gasteiger partial charge is 0.477 e. The molecule has 0 amide bonds. The van der Waals surface area contributed by atoms with E-state index in [1.54, 1.807) is 12.2 Å². The number of aliphatic hydroxyl groups excluding tert-OH is 5. The number of quaternary nitrogens is 1. The van der Waals surface area contributed by atoms with Crippen LogP contribution in [0.25, 0.3) is 0 Å². The van der Waals surface area contributed by atoms with Crippen molar-refractivity contribution in [3.05, 3.63) is 59.7 Å². The van der Waals surface area contributed by atoms with Crippen molar-refractivity contribution in [2.45, 2.75) is 37.0 Å². The van der Waals surface area contributed by atoms with E-state index in [4.69, 9.17) is 24.7 Å². The molecule has 0 saturated carbocycles. The third-order valence-electron chi connectivity index (χ3n) is 7.25. The standard InChI is InChI=1S/C27H38N4O12/c1-4-14-15(6-5-13-9-31(7-8-32)10-16(23(37)38)19(13)30-27(28)29-2)17(24(39)40-3)12-41-25(14)43-26-22(36)21(35)20(34)18(11-33)42-26/h4-6,10,12,14-15,18,20-22,25-26,32-36H,1,7-9,11H2,2-3H3,(H,37,38)(H3,28,29,30)/p+1/b6-5+/t14-,15+,18-,20-,21+,22-,25+,26+/m1/s1. The molecule has 16 nitrogen and oxygen atoms in total. The van der Waals surface area contributed by atoms with Gasteiger partial charge in [0.05, 0.1) is 43.8 Å². The van der Waals surface area contributed by atoms with E-state index in [0.29, 0.717) is 10.5 Å². The molecule has 3 aliphatic heterocycles. The highest BCUT2D eigenvalue weighted by molar-refractivity contribution is 5.94. The highest BCUT2D eigenvalue weighted by Crippen LogP contribution is 2.36. The van der Waals surface area contributed by atoms with E-state index in [-0.39, 0.29) is 42.5 Å². The molecule has 0 radical (unpaired) electrons. The summed E-state index contributed by atoms with van der Waals surface area (Å²) in [6.07, 6.45) is -1.82. The molecule has 3 heterocycles. The van der Waals surface area contributed by atoms with Gasteiger partial charge in [-0.2, -0.15) is 0 Å². The lowest BCUT2D eigenvalue weighted by atomic mass is 9.83. The number of nitrogens with zero attached hydrogens (tertiary/aromatic N) is 1. The summed E-state index contributed by atoms with van der Waals surface area (Å²) >= 11 is 0. The number of rotatable bonds is 11. The van der Waals surface area contributed by atoms with Crippen molar-refractivity contribution in [3.63, 3.8) is 0 Å². The number of carbonyl (C=O) groups excluding carboxylic acids is 1. The number of aliphatic imine (C=N–C) groups is 1. The fraction of sp³-hybridized carbons (Fsp3) is 0.519. The molecule has 9 atom stereocenters. The van der Waals surface area contributed by atoms with Crippen LogP contribution in [0.5, 0.6) is 0 Å². The van der Waals surface area contributed by atoms with E-state index in [1.165, 1.54) is 26.4 Å². The number of aliphatic hydroxyl groups is 5. The minimum absolute atomic E-state index is 0.0446. The summed E-state index contributed by atoms with van der Waals surface area (Å²) in [6, 6.07) is 0. The number of carboxylic acid groups (broad SMARTS) is 1. The molecule has 0 aliphatic carbocycles. The van der Waals surface area contributed by atoms with E-state index in [2.05, 4.69) is 16.9 Å². The Bertz CT molecular complexity index is 1200. The van der Waals surface area contributed by atoms with Crippen LogP contribution in [0.1, 0.15) is 0 Å². The Morgan fingerprint density at radius 3 is 2.53 bits per heavy atom. The first-order valence-corrected chi connectivity index (χ1v) is 13.3. The summed E-state index contributed by atoms with van der Waals surface area (Å²) in [5, 5.41) is 62.4. The van der Waals surface area contributed by atoms with Crippen molar-refractivity contribution >= 4 is 17.9 Å². The van der Waals surface area contributed by atoms with Gasteiger partial charge in [0.2, 0.25) is 6.29 Å². The summed E-state index contributed by atoms with van der Waals surface area (Å²) < 4.78 is 21.8. The number of ether oxygens (including phenoxy) is 4. The summed E-state index contributed by atoms with van der Waals surface area (Å²) in [5.41, 5.74) is 6.43. The second-order valence-corrected chi connectivity index (χ2v) is 9.91. The zero-order valence-corrected chi connectivity index (χ0v) is 23.7. The lowest BCUT2D eigenvalue weighted by Gasteiger charge is -2.42. The molecule has 0 bridgehead atoms. The molecule has 0 aromatic heterocycles. The van der Waals surface area contributed by atoms with Crippen LogP contribution >= 0.6 is 0 Å². The predicted molar refractivity (Wildman–Crippen MR) is 147 cm³/mol. The molecule has 0 spiro atoms. The second-order valence-electron chi connectivity index (χ2n) is 9.91. The van der Waals surface area contributed by atoms with Crippen molar-refractivity contribution in [1.29, 1.82) is 0 Å². The highest BCUT2D eigenvalue weighted by Gasteiger charge is 2.47. The van der Waals surface area contributed by atoms with Crippen LogP contribution in [0.4, 0.5) is 0 Å². The average molecular weight is 612 g/mol. The van der Waals surface area contributed by atoms with Crippen molar-refractivity contribution in [2.24, 2.45) is 22.6 Å². The molecular formula is C27H39N4O12+. The monoisotopic (exact) mass is 611 g/mol. The van der Waals surface area contributed by atoms with Crippen LogP contribution in [-0.4, -0.2) is 126 Å². The zero-order valence-electron chi connectivity index (χ0n) is 23.7. The van der Waals surface area contributed by atoms with Crippen LogP contribution in [0.3, 0.4) is 0 Å². The fourth-order valence-corrected chi connectivity index (χ4v) is 4.91. The quantitative estimate of drug-likeness (QED) is 0.0466. The molecule has 3 aliphatic rings. The number of carbonyl (C=O) groups is 2. The molecule has 16 heteroatoms. The molecule has 0 aromatic carbocycles. The van der Waals surface area contributed by atoms with Gasteiger partial charge in [-0.1, -0.05) is 18.2 Å². The maximum absolute atomic E-state index is 12.7. The van der Waals surface area contributed by atoms with E-state index < -0.39 is 67.4 Å². The van der Waals surface area contributed by atoms with Crippen molar-refractivity contribution < 1.29 is 64.1 Å². The average Bonchev–Trinajstić information content (AvgIpc) is 3.00. The fourth-order valence-electron chi connectivity index (χ4n) is 4.91. The number of esters is 1. The summed E-state index contributed by atoms with van der Waals surface area (Å²) in [4.78, 5) is 29.3. The molecule has 238 valence electrons. The number of aliphatic carboxylic acids is 1. The predicted octanol–water partition coefficient (Wildman–Crippen LogP) is -4.16. The number of allylic oxidation sites excluding steroid dienone is 1. The highest BCUT2D eigenvalue weighted by atomic mass is 16.8. The molecule has 1 saturated heterocycles. The van der Waals surface area contributed by atoms with E-state index in [0.717, 1.165) is 6.26 Å². The Morgan fingerprint density at radius 2 is 1.95 bits per heavy atom. The molecule has 1 fully saturated rings. The zero-order chi connectivity index (χ0) is 31.8. The van der Waals surface area contributed by atoms with E-state index >= 15 is 0 Å². The van der Waals surface area contributed by atoms with Crippen molar-refractivity contribution in [2.75, 3.05) is 40.5 Å². The van der Waals surface area contributed by atoms with Gasteiger partial charge in [0.15, 0.2) is 12.2 Å². The van der Waals surface area contributed by atoms with Gasteiger partial charge in [-0.05, 0) is 0 Å². The maximum Gasteiger partial charge on any atom is 0.343 e. The first-order valence-electron chi connectivity index (χ1n) is 13.3. The molecule has 43 heavy (non-hydrogen) atoms. The third kappa shape index (κ3) is 7.67. The number of guanidine groups is 1. The number of nitrogens with two attached hydrogens (primary N) is 1.